The van der Waals surface area contributed by atoms with Gasteiger partial charge in [-0.25, -0.2) is 0 Å². The average Bonchev–Trinajstić information content (AvgIpc) is 3.12. The minimum atomic E-state index is -0.805. The monoisotopic (exact) mass is 448 g/mol. The van der Waals surface area contributed by atoms with Crippen molar-refractivity contribution in [3.05, 3.63) is 59.7 Å². The normalized spacial score (nSPS) is 19.2. The molecule has 0 saturated carbocycles. The molecule has 2 aliphatic heterocycles. The second-order valence-corrected chi connectivity index (χ2v) is 8.52. The van der Waals surface area contributed by atoms with Gasteiger partial charge in [-0.3, -0.25) is 24.1 Å². The van der Waals surface area contributed by atoms with Gasteiger partial charge in [0, 0.05) is 25.9 Å². The van der Waals surface area contributed by atoms with Gasteiger partial charge >= 0.3 is 0 Å². The van der Waals surface area contributed by atoms with Crippen LogP contribution in [0.2, 0.25) is 0 Å². The average molecular weight is 449 g/mol. The van der Waals surface area contributed by atoms with Crippen LogP contribution in [-0.4, -0.2) is 47.3 Å². The van der Waals surface area contributed by atoms with E-state index >= 15 is 0 Å². The van der Waals surface area contributed by atoms with E-state index in [9.17, 15) is 19.2 Å². The number of nitrogens with zero attached hydrogens (tertiary/aromatic N) is 2. The Morgan fingerprint density at radius 3 is 2.58 bits per heavy atom. The van der Waals surface area contributed by atoms with E-state index in [2.05, 4.69) is 10.6 Å². The van der Waals surface area contributed by atoms with Gasteiger partial charge in [0.05, 0.1) is 22.5 Å². The van der Waals surface area contributed by atoms with Crippen molar-refractivity contribution in [1.82, 2.24) is 10.2 Å². The van der Waals surface area contributed by atoms with Gasteiger partial charge in [-0.2, -0.15) is 0 Å². The van der Waals surface area contributed by atoms with Crippen LogP contribution >= 0.6 is 0 Å². The fraction of sp³-hybridized carbons (Fsp3) is 0.360. The molecule has 4 amide bonds. The number of para-hydroxylation sites is 2. The van der Waals surface area contributed by atoms with Crippen molar-refractivity contribution in [3.8, 4) is 0 Å². The molecular formula is C25H28N4O4. The summed E-state index contributed by atoms with van der Waals surface area (Å²) in [5.41, 5.74) is 1.10. The maximum atomic E-state index is 13.3. The lowest BCUT2D eigenvalue weighted by molar-refractivity contribution is -0.117. The zero-order valence-electron chi connectivity index (χ0n) is 18.9. The Balaban J connectivity index is 1.50. The molecule has 0 aromatic heterocycles. The number of hydrogen-bond acceptors (Lipinski definition) is 4. The topological polar surface area (TPSA) is 98.8 Å². The molecule has 8 heteroatoms. The second kappa shape index (κ2) is 9.05. The van der Waals surface area contributed by atoms with E-state index in [0.29, 0.717) is 41.9 Å². The van der Waals surface area contributed by atoms with E-state index in [0.717, 1.165) is 6.42 Å². The SMILES string of the molecule is CCCNC(=O)c1ccccc1NC(=O)CCN1C(=O)c2ccccc2N2C(=O)CCC12C. The van der Waals surface area contributed by atoms with Gasteiger partial charge in [-0.15, -0.1) is 0 Å². The van der Waals surface area contributed by atoms with E-state index < -0.39 is 5.66 Å². The maximum absolute atomic E-state index is 13.3. The van der Waals surface area contributed by atoms with Crippen molar-refractivity contribution in [1.29, 1.82) is 0 Å². The summed E-state index contributed by atoms with van der Waals surface area (Å²) in [5, 5.41) is 5.62. The standard InChI is InChI=1S/C25H28N4O4/c1-3-15-26-23(32)17-8-4-6-10-19(17)27-21(30)13-16-28-24(33)18-9-5-7-11-20(18)29-22(31)12-14-25(28,29)2/h4-11H,3,12-16H2,1-2H3,(H,26,32)(H,27,30). The molecule has 172 valence electrons. The van der Waals surface area contributed by atoms with E-state index in [1.807, 2.05) is 19.9 Å². The van der Waals surface area contributed by atoms with E-state index in [4.69, 9.17) is 0 Å². The number of rotatable bonds is 7. The summed E-state index contributed by atoms with van der Waals surface area (Å²) < 4.78 is 0. The third-order valence-corrected chi connectivity index (χ3v) is 6.29. The first-order valence-electron chi connectivity index (χ1n) is 11.3. The molecule has 2 heterocycles. The Kier molecular flexibility index (Phi) is 6.18. The summed E-state index contributed by atoms with van der Waals surface area (Å²) in [7, 11) is 0. The van der Waals surface area contributed by atoms with Gasteiger partial charge in [0.15, 0.2) is 0 Å². The molecule has 0 aliphatic carbocycles. The fourth-order valence-electron chi connectivity index (χ4n) is 4.59. The van der Waals surface area contributed by atoms with E-state index in [-0.39, 0.29) is 36.6 Å². The Morgan fingerprint density at radius 2 is 1.79 bits per heavy atom. The van der Waals surface area contributed by atoms with E-state index in [1.165, 1.54) is 0 Å². The lowest BCUT2D eigenvalue weighted by atomic mass is 9.98. The van der Waals surface area contributed by atoms with Crippen LogP contribution < -0.4 is 15.5 Å². The van der Waals surface area contributed by atoms with Gasteiger partial charge in [0.2, 0.25) is 11.8 Å². The molecule has 0 radical (unpaired) electrons. The Bertz CT molecular complexity index is 1120. The number of hydrogen-bond donors (Lipinski definition) is 2. The van der Waals surface area contributed by atoms with Crippen molar-refractivity contribution in [2.45, 2.75) is 45.2 Å². The summed E-state index contributed by atoms with van der Waals surface area (Å²) in [5.74, 6) is -0.773. The third kappa shape index (κ3) is 4.08. The summed E-state index contributed by atoms with van der Waals surface area (Å²) in [6.07, 6.45) is 1.71. The highest BCUT2D eigenvalue weighted by Gasteiger charge is 2.52. The minimum Gasteiger partial charge on any atom is -0.352 e. The zero-order valence-corrected chi connectivity index (χ0v) is 18.9. The molecule has 33 heavy (non-hydrogen) atoms. The predicted octanol–water partition coefficient (Wildman–Crippen LogP) is 3.15. The Labute approximate surface area is 192 Å². The zero-order chi connectivity index (χ0) is 23.6. The summed E-state index contributed by atoms with van der Waals surface area (Å²) >= 11 is 0. The molecule has 2 N–H and O–H groups in total. The van der Waals surface area contributed by atoms with Crippen LogP contribution in [0.3, 0.4) is 0 Å². The Hall–Kier alpha value is -3.68. The van der Waals surface area contributed by atoms with Gasteiger partial charge in [-0.1, -0.05) is 31.2 Å². The summed E-state index contributed by atoms with van der Waals surface area (Å²) in [6.45, 7) is 4.54. The van der Waals surface area contributed by atoms with Crippen molar-refractivity contribution in [2.24, 2.45) is 0 Å². The van der Waals surface area contributed by atoms with Crippen LogP contribution in [0.4, 0.5) is 11.4 Å². The molecule has 8 nitrogen and oxygen atoms in total. The van der Waals surface area contributed by atoms with Gasteiger partial charge < -0.3 is 15.5 Å². The highest BCUT2D eigenvalue weighted by molar-refractivity contribution is 6.10. The first-order chi connectivity index (χ1) is 15.9. The third-order valence-electron chi connectivity index (χ3n) is 6.29. The molecule has 0 bridgehead atoms. The van der Waals surface area contributed by atoms with Crippen LogP contribution in [0.15, 0.2) is 48.5 Å². The van der Waals surface area contributed by atoms with Gasteiger partial charge in [-0.05, 0) is 44.0 Å². The number of amides is 4. The van der Waals surface area contributed by atoms with Crippen LogP contribution in [0.1, 0.15) is 60.2 Å². The molecule has 2 aromatic rings. The summed E-state index contributed by atoms with van der Waals surface area (Å²) in [4.78, 5) is 54.5. The molecule has 2 aromatic carbocycles. The highest BCUT2D eigenvalue weighted by Crippen LogP contribution is 2.43. The predicted molar refractivity (Wildman–Crippen MR) is 125 cm³/mol. The quantitative estimate of drug-likeness (QED) is 0.680. The van der Waals surface area contributed by atoms with Crippen LogP contribution in [0.5, 0.6) is 0 Å². The maximum Gasteiger partial charge on any atom is 0.257 e. The van der Waals surface area contributed by atoms with Crippen LogP contribution in [-0.2, 0) is 9.59 Å². The first kappa shape index (κ1) is 22.5. The van der Waals surface area contributed by atoms with Gasteiger partial charge in [0.1, 0.15) is 5.66 Å². The number of anilines is 2. The van der Waals surface area contributed by atoms with E-state index in [1.54, 1.807) is 52.3 Å². The van der Waals surface area contributed by atoms with Crippen LogP contribution in [0, 0.1) is 0 Å². The largest absolute Gasteiger partial charge is 0.352 e. The summed E-state index contributed by atoms with van der Waals surface area (Å²) in [6, 6.07) is 13.9. The first-order valence-corrected chi connectivity index (χ1v) is 11.3. The van der Waals surface area contributed by atoms with Gasteiger partial charge in [0.25, 0.3) is 11.8 Å². The highest BCUT2D eigenvalue weighted by atomic mass is 16.2. The van der Waals surface area contributed by atoms with Crippen molar-refractivity contribution in [2.75, 3.05) is 23.3 Å². The number of fused-ring (bicyclic) bond motifs is 3. The molecule has 1 unspecified atom stereocenters. The number of benzene rings is 2. The number of carbonyl (C=O) groups excluding carboxylic acids is 4. The molecule has 1 fully saturated rings. The van der Waals surface area contributed by atoms with Crippen molar-refractivity contribution < 1.29 is 19.2 Å². The number of carbonyl (C=O) groups is 4. The van der Waals surface area contributed by atoms with Crippen molar-refractivity contribution in [3.63, 3.8) is 0 Å². The lowest BCUT2D eigenvalue weighted by Gasteiger charge is -2.48. The fourth-order valence-corrected chi connectivity index (χ4v) is 4.59. The minimum absolute atomic E-state index is 0.0288. The van der Waals surface area contributed by atoms with Crippen molar-refractivity contribution >= 4 is 35.0 Å². The molecule has 2 aliphatic rings. The van der Waals surface area contributed by atoms with Crippen LogP contribution in [0.25, 0.3) is 0 Å². The second-order valence-electron chi connectivity index (χ2n) is 8.52. The lowest BCUT2D eigenvalue weighted by Crippen LogP contribution is -2.62. The number of nitrogens with one attached hydrogen (secondary N) is 2. The molecule has 0 spiro atoms. The smallest absolute Gasteiger partial charge is 0.257 e. The Morgan fingerprint density at radius 1 is 1.06 bits per heavy atom. The molecular weight excluding hydrogens is 420 g/mol. The molecule has 4 rings (SSSR count). The molecule has 1 saturated heterocycles. The molecule has 1 atom stereocenters.